The molecule has 5 nitrogen and oxygen atoms in total. The lowest BCUT2D eigenvalue weighted by Gasteiger charge is -2.24. The van der Waals surface area contributed by atoms with Gasteiger partial charge in [-0.15, -0.1) is 0 Å². The number of benzene rings is 1. The van der Waals surface area contributed by atoms with Crippen LogP contribution in [0.1, 0.15) is 38.3 Å². The van der Waals surface area contributed by atoms with Crippen molar-refractivity contribution in [2.75, 3.05) is 13.1 Å². The summed E-state index contributed by atoms with van der Waals surface area (Å²) in [6.07, 6.45) is 2.91. The summed E-state index contributed by atoms with van der Waals surface area (Å²) in [6.45, 7) is 5.58. The van der Waals surface area contributed by atoms with E-state index in [1.54, 1.807) is 13.0 Å². The van der Waals surface area contributed by atoms with Crippen LogP contribution in [0.15, 0.2) is 29.2 Å². The molecule has 1 amide bonds. The maximum Gasteiger partial charge on any atom is 0.239 e. The molecule has 0 saturated carbocycles. The summed E-state index contributed by atoms with van der Waals surface area (Å²) in [5, 5.41) is 2.73. The van der Waals surface area contributed by atoms with Gasteiger partial charge < -0.3 is 5.32 Å². The van der Waals surface area contributed by atoms with E-state index in [4.69, 9.17) is 0 Å². The van der Waals surface area contributed by atoms with Crippen molar-refractivity contribution in [3.63, 3.8) is 0 Å². The van der Waals surface area contributed by atoms with Gasteiger partial charge in [-0.2, -0.15) is 4.31 Å². The molecular formula is C17H24N2O3S. The lowest BCUT2D eigenvalue weighted by atomic mass is 9.98. The molecule has 23 heavy (non-hydrogen) atoms. The molecule has 0 saturated heterocycles. The van der Waals surface area contributed by atoms with Gasteiger partial charge >= 0.3 is 0 Å². The number of fused-ring (bicyclic) bond motifs is 1. The van der Waals surface area contributed by atoms with E-state index in [0.29, 0.717) is 17.7 Å². The van der Waals surface area contributed by atoms with Gasteiger partial charge in [0.15, 0.2) is 0 Å². The van der Waals surface area contributed by atoms with E-state index in [2.05, 4.69) is 5.32 Å². The molecule has 1 aromatic carbocycles. The third kappa shape index (κ3) is 4.20. The largest absolute Gasteiger partial charge is 0.353 e. The quantitative estimate of drug-likeness (QED) is 0.865. The zero-order valence-electron chi connectivity index (χ0n) is 13.9. The third-order valence-electron chi connectivity index (χ3n) is 3.81. The van der Waals surface area contributed by atoms with Crippen molar-refractivity contribution in [2.45, 2.75) is 39.7 Å². The van der Waals surface area contributed by atoms with Crippen LogP contribution in [0, 0.1) is 0 Å². The van der Waals surface area contributed by atoms with Crippen molar-refractivity contribution in [1.82, 2.24) is 9.62 Å². The van der Waals surface area contributed by atoms with E-state index in [9.17, 15) is 13.2 Å². The standard InChI is InChI=1S/C17H24N2O3S/c1-4-19(12-17(20)18-13(2)3)23(21,22)16-10-9-14-7-5-6-8-15(14)11-16/h5-8,11,13H,4,9-10,12H2,1-3H3,(H,18,20). The molecule has 0 fully saturated rings. The van der Waals surface area contributed by atoms with Crippen LogP contribution in [-0.2, 0) is 21.2 Å². The number of carbonyl (C=O) groups is 1. The summed E-state index contributed by atoms with van der Waals surface area (Å²) in [6, 6.07) is 7.79. The number of sulfonamides is 1. The fourth-order valence-electron chi connectivity index (χ4n) is 2.67. The first-order chi connectivity index (χ1) is 10.8. The van der Waals surface area contributed by atoms with Crippen molar-refractivity contribution in [3.05, 3.63) is 40.3 Å². The van der Waals surface area contributed by atoms with Crippen LogP contribution in [0.5, 0.6) is 0 Å². The molecule has 0 spiro atoms. The Bertz CT molecular complexity index is 708. The smallest absolute Gasteiger partial charge is 0.239 e. The minimum absolute atomic E-state index is 0.00955. The van der Waals surface area contributed by atoms with Crippen molar-refractivity contribution in [3.8, 4) is 0 Å². The second-order valence-corrected chi connectivity index (χ2v) is 7.95. The highest BCUT2D eigenvalue weighted by Crippen LogP contribution is 2.28. The molecule has 6 heteroatoms. The number of hydrogen-bond acceptors (Lipinski definition) is 3. The van der Waals surface area contributed by atoms with Crippen LogP contribution in [-0.4, -0.2) is 37.8 Å². The van der Waals surface area contributed by atoms with E-state index in [1.165, 1.54) is 4.31 Å². The number of hydrogen-bond donors (Lipinski definition) is 1. The first-order valence-electron chi connectivity index (χ1n) is 7.92. The molecule has 1 aliphatic rings. The van der Waals surface area contributed by atoms with Gasteiger partial charge in [0.2, 0.25) is 15.9 Å². The average Bonchev–Trinajstić information content (AvgIpc) is 2.51. The summed E-state index contributed by atoms with van der Waals surface area (Å²) in [7, 11) is -3.61. The Morgan fingerprint density at radius 2 is 1.96 bits per heavy atom. The number of nitrogens with one attached hydrogen (secondary N) is 1. The van der Waals surface area contributed by atoms with E-state index in [-0.39, 0.29) is 25.0 Å². The Morgan fingerprint density at radius 1 is 1.26 bits per heavy atom. The van der Waals surface area contributed by atoms with Crippen molar-refractivity contribution < 1.29 is 13.2 Å². The number of allylic oxidation sites excluding steroid dienone is 1. The van der Waals surface area contributed by atoms with Crippen LogP contribution in [0.25, 0.3) is 6.08 Å². The highest BCUT2D eigenvalue weighted by atomic mass is 32.2. The van der Waals surface area contributed by atoms with Crippen molar-refractivity contribution >= 4 is 22.0 Å². The highest BCUT2D eigenvalue weighted by Gasteiger charge is 2.29. The summed E-state index contributed by atoms with van der Waals surface area (Å²) < 4.78 is 26.9. The number of nitrogens with zero attached hydrogens (tertiary/aromatic N) is 1. The summed E-state index contributed by atoms with van der Waals surface area (Å²) in [5.41, 5.74) is 2.10. The molecule has 0 aromatic heterocycles. The molecule has 0 radical (unpaired) electrons. The SMILES string of the molecule is CCN(CC(=O)NC(C)C)S(=O)(=O)C1=Cc2ccccc2CC1. The van der Waals surface area contributed by atoms with Gasteiger partial charge in [-0.1, -0.05) is 31.2 Å². The van der Waals surface area contributed by atoms with Gasteiger partial charge in [-0.25, -0.2) is 8.42 Å². The molecule has 0 aliphatic heterocycles. The molecule has 0 unspecified atom stereocenters. The number of carbonyl (C=O) groups excluding carboxylic acids is 1. The van der Waals surface area contributed by atoms with Crippen LogP contribution >= 0.6 is 0 Å². The van der Waals surface area contributed by atoms with E-state index in [0.717, 1.165) is 11.1 Å². The third-order valence-corrected chi connectivity index (χ3v) is 5.86. The fourth-order valence-corrected chi connectivity index (χ4v) is 4.26. The number of aryl methyl sites for hydroxylation is 1. The second kappa shape index (κ2) is 7.27. The van der Waals surface area contributed by atoms with Crippen molar-refractivity contribution in [2.24, 2.45) is 0 Å². The Kier molecular flexibility index (Phi) is 5.59. The average molecular weight is 336 g/mol. The van der Waals surface area contributed by atoms with Gasteiger partial charge in [0.25, 0.3) is 0 Å². The van der Waals surface area contributed by atoms with Gasteiger partial charge in [0, 0.05) is 12.6 Å². The molecule has 0 heterocycles. The molecular weight excluding hydrogens is 312 g/mol. The second-order valence-electron chi connectivity index (χ2n) is 5.96. The minimum Gasteiger partial charge on any atom is -0.353 e. The van der Waals surface area contributed by atoms with Crippen molar-refractivity contribution in [1.29, 1.82) is 0 Å². The Balaban J connectivity index is 2.23. The topological polar surface area (TPSA) is 66.5 Å². The van der Waals surface area contributed by atoms with E-state index >= 15 is 0 Å². The monoisotopic (exact) mass is 336 g/mol. The minimum atomic E-state index is -3.61. The molecule has 126 valence electrons. The van der Waals surface area contributed by atoms with Gasteiger partial charge in [-0.05, 0) is 43.9 Å². The molecule has 1 N–H and O–H groups in total. The first kappa shape index (κ1) is 17.7. The number of amides is 1. The maximum atomic E-state index is 12.8. The first-order valence-corrected chi connectivity index (χ1v) is 9.36. The molecule has 1 aromatic rings. The Hall–Kier alpha value is -1.66. The molecule has 2 rings (SSSR count). The number of rotatable bonds is 6. The van der Waals surface area contributed by atoms with E-state index < -0.39 is 10.0 Å². The number of likely N-dealkylation sites (N-methyl/N-ethyl adjacent to an activating group) is 1. The van der Waals surface area contributed by atoms with Gasteiger partial charge in [-0.3, -0.25) is 4.79 Å². The van der Waals surface area contributed by atoms with Crippen LogP contribution < -0.4 is 5.32 Å². The van der Waals surface area contributed by atoms with Gasteiger partial charge in [0.1, 0.15) is 0 Å². The zero-order chi connectivity index (χ0) is 17.0. The summed E-state index contributed by atoms with van der Waals surface area (Å²) in [4.78, 5) is 12.3. The van der Waals surface area contributed by atoms with Crippen LogP contribution in [0.2, 0.25) is 0 Å². The van der Waals surface area contributed by atoms with Gasteiger partial charge in [0.05, 0.1) is 11.4 Å². The highest BCUT2D eigenvalue weighted by molar-refractivity contribution is 7.93. The zero-order valence-corrected chi connectivity index (χ0v) is 14.7. The molecule has 0 atom stereocenters. The predicted octanol–water partition coefficient (Wildman–Crippen LogP) is 2.15. The summed E-state index contributed by atoms with van der Waals surface area (Å²) >= 11 is 0. The van der Waals surface area contributed by atoms with Crippen LogP contribution in [0.4, 0.5) is 0 Å². The molecule has 0 bridgehead atoms. The maximum absolute atomic E-state index is 12.8. The lowest BCUT2D eigenvalue weighted by molar-refractivity contribution is -0.121. The fraction of sp³-hybridized carbons (Fsp3) is 0.471. The lowest BCUT2D eigenvalue weighted by Crippen LogP contribution is -2.43. The Labute approximate surface area is 138 Å². The Morgan fingerprint density at radius 3 is 2.61 bits per heavy atom. The van der Waals surface area contributed by atoms with E-state index in [1.807, 2.05) is 38.1 Å². The van der Waals surface area contributed by atoms with Crippen LogP contribution in [0.3, 0.4) is 0 Å². The summed E-state index contributed by atoms with van der Waals surface area (Å²) in [5.74, 6) is -0.276. The molecule has 1 aliphatic carbocycles. The predicted molar refractivity (Wildman–Crippen MR) is 92.2 cm³/mol. The normalized spacial score (nSPS) is 14.6.